The minimum absolute atomic E-state index is 0.0918. The molecule has 0 radical (unpaired) electrons. The summed E-state index contributed by atoms with van der Waals surface area (Å²) in [6, 6.07) is 0. The van der Waals surface area contributed by atoms with E-state index in [0.29, 0.717) is 32.8 Å². The zero-order chi connectivity index (χ0) is 20.5. The largest absolute Gasteiger partial charge is 0.466 e. The standard InChI is InChI=1S/C24H48O4/c1-3-5-7-9-11-12-14-16-21-28-24(25)18-17-20-27-23-22-26-19-15-13-10-8-6-4-2/h3-23H2,1-2H3. The number of hydrogen-bond acceptors (Lipinski definition) is 4. The van der Waals surface area contributed by atoms with E-state index in [4.69, 9.17) is 14.2 Å². The molecule has 0 aliphatic carbocycles. The second-order valence-electron chi connectivity index (χ2n) is 7.79. The van der Waals surface area contributed by atoms with Crippen LogP contribution in [0.3, 0.4) is 0 Å². The van der Waals surface area contributed by atoms with Crippen molar-refractivity contribution in [2.24, 2.45) is 0 Å². The van der Waals surface area contributed by atoms with Crippen LogP contribution in [-0.2, 0) is 19.0 Å². The Morgan fingerprint density at radius 2 is 0.929 bits per heavy atom. The molecular weight excluding hydrogens is 352 g/mol. The normalized spacial score (nSPS) is 11.1. The summed E-state index contributed by atoms with van der Waals surface area (Å²) >= 11 is 0. The van der Waals surface area contributed by atoms with Gasteiger partial charge in [-0.1, -0.05) is 90.9 Å². The van der Waals surface area contributed by atoms with E-state index in [9.17, 15) is 4.79 Å². The summed E-state index contributed by atoms with van der Waals surface area (Å²) in [5.74, 6) is -0.0918. The van der Waals surface area contributed by atoms with Crippen molar-refractivity contribution in [3.05, 3.63) is 0 Å². The summed E-state index contributed by atoms with van der Waals surface area (Å²) in [6.45, 7) is 7.76. The molecule has 0 saturated heterocycles. The van der Waals surface area contributed by atoms with Gasteiger partial charge in [0, 0.05) is 19.6 Å². The summed E-state index contributed by atoms with van der Waals surface area (Å²) in [5.41, 5.74) is 0. The Bertz CT molecular complexity index is 307. The molecular formula is C24H48O4. The van der Waals surface area contributed by atoms with E-state index in [1.165, 1.54) is 77.0 Å². The highest BCUT2D eigenvalue weighted by Gasteiger charge is 2.02. The number of hydrogen-bond donors (Lipinski definition) is 0. The van der Waals surface area contributed by atoms with Crippen LogP contribution in [0.2, 0.25) is 0 Å². The maximum Gasteiger partial charge on any atom is 0.305 e. The van der Waals surface area contributed by atoms with Gasteiger partial charge in [0.15, 0.2) is 0 Å². The van der Waals surface area contributed by atoms with E-state index in [-0.39, 0.29) is 5.97 Å². The van der Waals surface area contributed by atoms with Crippen molar-refractivity contribution in [3.63, 3.8) is 0 Å². The number of unbranched alkanes of at least 4 members (excludes halogenated alkanes) is 12. The Hall–Kier alpha value is -0.610. The third-order valence-electron chi connectivity index (χ3n) is 4.94. The minimum atomic E-state index is -0.0918. The lowest BCUT2D eigenvalue weighted by Crippen LogP contribution is -2.09. The van der Waals surface area contributed by atoms with Crippen LogP contribution >= 0.6 is 0 Å². The van der Waals surface area contributed by atoms with Crippen molar-refractivity contribution in [1.29, 1.82) is 0 Å². The molecule has 168 valence electrons. The Kier molecular flexibility index (Phi) is 23.9. The molecule has 0 aromatic rings. The van der Waals surface area contributed by atoms with Gasteiger partial charge in [-0.2, -0.15) is 0 Å². The molecule has 0 amide bonds. The molecule has 0 aliphatic rings. The highest BCUT2D eigenvalue weighted by molar-refractivity contribution is 5.69. The Morgan fingerprint density at radius 1 is 0.500 bits per heavy atom. The Labute approximate surface area is 175 Å². The van der Waals surface area contributed by atoms with Gasteiger partial charge in [0.2, 0.25) is 0 Å². The number of esters is 1. The number of carbonyl (C=O) groups excluding carboxylic acids is 1. The molecule has 28 heavy (non-hydrogen) atoms. The molecule has 0 aromatic heterocycles. The van der Waals surface area contributed by atoms with Gasteiger partial charge >= 0.3 is 5.97 Å². The van der Waals surface area contributed by atoms with E-state index in [0.717, 1.165) is 25.9 Å². The first-order valence-electron chi connectivity index (χ1n) is 12.1. The highest BCUT2D eigenvalue weighted by atomic mass is 16.5. The van der Waals surface area contributed by atoms with Crippen LogP contribution in [0.15, 0.2) is 0 Å². The van der Waals surface area contributed by atoms with Crippen molar-refractivity contribution >= 4 is 5.97 Å². The predicted molar refractivity (Wildman–Crippen MR) is 118 cm³/mol. The van der Waals surface area contributed by atoms with Crippen LogP contribution in [0.4, 0.5) is 0 Å². The fourth-order valence-electron chi connectivity index (χ4n) is 3.12. The van der Waals surface area contributed by atoms with Crippen LogP contribution in [-0.4, -0.2) is 39.0 Å². The molecule has 0 N–H and O–H groups in total. The van der Waals surface area contributed by atoms with Gasteiger partial charge < -0.3 is 14.2 Å². The second-order valence-corrected chi connectivity index (χ2v) is 7.79. The molecule has 0 unspecified atom stereocenters. The smallest absolute Gasteiger partial charge is 0.305 e. The van der Waals surface area contributed by atoms with Gasteiger partial charge in [-0.25, -0.2) is 0 Å². The molecule has 0 saturated carbocycles. The maximum absolute atomic E-state index is 11.6. The molecule has 0 heterocycles. The average Bonchev–Trinajstić information content (AvgIpc) is 2.70. The van der Waals surface area contributed by atoms with Gasteiger partial charge in [0.25, 0.3) is 0 Å². The fourth-order valence-corrected chi connectivity index (χ4v) is 3.12. The summed E-state index contributed by atoms with van der Waals surface area (Å²) < 4.78 is 16.3. The first-order chi connectivity index (χ1) is 13.8. The molecule has 0 aliphatic heterocycles. The van der Waals surface area contributed by atoms with Crippen LogP contribution in [0.1, 0.15) is 117 Å². The van der Waals surface area contributed by atoms with Crippen LogP contribution in [0.25, 0.3) is 0 Å². The summed E-state index contributed by atoms with van der Waals surface area (Å²) in [5, 5.41) is 0. The second kappa shape index (κ2) is 24.4. The fraction of sp³-hybridized carbons (Fsp3) is 0.958. The van der Waals surface area contributed by atoms with Crippen molar-refractivity contribution in [2.45, 2.75) is 117 Å². The molecule has 0 bridgehead atoms. The van der Waals surface area contributed by atoms with Crippen molar-refractivity contribution in [2.75, 3.05) is 33.0 Å². The molecule has 4 heteroatoms. The van der Waals surface area contributed by atoms with Gasteiger partial charge in [-0.3, -0.25) is 4.79 Å². The topological polar surface area (TPSA) is 44.8 Å². The van der Waals surface area contributed by atoms with E-state index >= 15 is 0 Å². The van der Waals surface area contributed by atoms with Crippen LogP contribution < -0.4 is 0 Å². The zero-order valence-electron chi connectivity index (χ0n) is 19.0. The molecule has 0 spiro atoms. The average molecular weight is 401 g/mol. The lowest BCUT2D eigenvalue weighted by molar-refractivity contribution is -0.144. The summed E-state index contributed by atoms with van der Waals surface area (Å²) in [7, 11) is 0. The lowest BCUT2D eigenvalue weighted by Gasteiger charge is -2.07. The highest BCUT2D eigenvalue weighted by Crippen LogP contribution is 2.08. The van der Waals surface area contributed by atoms with E-state index in [1.807, 2.05) is 0 Å². The molecule has 0 atom stereocenters. The first-order valence-corrected chi connectivity index (χ1v) is 12.1. The number of rotatable bonds is 23. The summed E-state index contributed by atoms with van der Waals surface area (Å²) in [4.78, 5) is 11.6. The van der Waals surface area contributed by atoms with Crippen LogP contribution in [0.5, 0.6) is 0 Å². The summed E-state index contributed by atoms with van der Waals surface area (Å²) in [6.07, 6.45) is 19.0. The molecule has 4 nitrogen and oxygen atoms in total. The van der Waals surface area contributed by atoms with E-state index in [1.54, 1.807) is 0 Å². The Balaban J connectivity index is 3.13. The van der Waals surface area contributed by atoms with Crippen molar-refractivity contribution < 1.29 is 19.0 Å². The van der Waals surface area contributed by atoms with Gasteiger partial charge in [0.1, 0.15) is 0 Å². The molecule has 0 rings (SSSR count). The maximum atomic E-state index is 11.6. The van der Waals surface area contributed by atoms with Gasteiger partial charge in [-0.15, -0.1) is 0 Å². The zero-order valence-corrected chi connectivity index (χ0v) is 19.0. The SMILES string of the molecule is CCCCCCCCCCOC(=O)CCCOCCOCCCCCCCC. The lowest BCUT2D eigenvalue weighted by atomic mass is 10.1. The number of carbonyl (C=O) groups is 1. The third-order valence-corrected chi connectivity index (χ3v) is 4.94. The molecule has 0 aromatic carbocycles. The van der Waals surface area contributed by atoms with Crippen molar-refractivity contribution in [3.8, 4) is 0 Å². The monoisotopic (exact) mass is 400 g/mol. The number of ether oxygens (including phenoxy) is 3. The van der Waals surface area contributed by atoms with Gasteiger partial charge in [0.05, 0.1) is 19.8 Å². The third kappa shape index (κ3) is 23.4. The van der Waals surface area contributed by atoms with Crippen molar-refractivity contribution in [1.82, 2.24) is 0 Å². The van der Waals surface area contributed by atoms with Crippen LogP contribution in [0, 0.1) is 0 Å². The molecule has 0 fully saturated rings. The van der Waals surface area contributed by atoms with E-state index < -0.39 is 0 Å². The van der Waals surface area contributed by atoms with Gasteiger partial charge in [-0.05, 0) is 19.3 Å². The quantitative estimate of drug-likeness (QED) is 0.139. The Morgan fingerprint density at radius 3 is 1.46 bits per heavy atom. The van der Waals surface area contributed by atoms with E-state index in [2.05, 4.69) is 13.8 Å². The minimum Gasteiger partial charge on any atom is -0.466 e. The predicted octanol–water partition coefficient (Wildman–Crippen LogP) is 6.84. The first kappa shape index (κ1) is 27.4.